The molecular weight excluding hydrogens is 275 g/mol. The molecule has 0 amide bonds. The van der Waals surface area contributed by atoms with Gasteiger partial charge < -0.3 is 9.31 Å². The number of pyridine rings is 1. The summed E-state index contributed by atoms with van der Waals surface area (Å²) < 4.78 is 38.7. The Labute approximate surface area is 122 Å². The van der Waals surface area contributed by atoms with E-state index in [1.165, 1.54) is 12.3 Å². The highest BCUT2D eigenvalue weighted by Crippen LogP contribution is 2.36. The van der Waals surface area contributed by atoms with Crippen molar-refractivity contribution in [1.82, 2.24) is 4.98 Å². The monoisotopic (exact) mass is 291 g/mol. The number of halogens is 2. The lowest BCUT2D eigenvalue weighted by atomic mass is 9.80. The van der Waals surface area contributed by atoms with Gasteiger partial charge in [0.15, 0.2) is 11.6 Å². The minimum Gasteiger partial charge on any atom is -0.399 e. The van der Waals surface area contributed by atoms with Crippen LogP contribution in [0.3, 0.4) is 0 Å². The second-order valence-corrected chi connectivity index (χ2v) is 6.29. The zero-order valence-corrected chi connectivity index (χ0v) is 12.4. The summed E-state index contributed by atoms with van der Waals surface area (Å²) in [5, 5.41) is 0.515. The Morgan fingerprint density at radius 1 is 1.05 bits per heavy atom. The third-order valence-corrected chi connectivity index (χ3v) is 4.29. The Balaban J connectivity index is 2.02. The average molecular weight is 291 g/mol. The van der Waals surface area contributed by atoms with Crippen LogP contribution in [0.1, 0.15) is 27.7 Å². The third kappa shape index (κ3) is 2.22. The molecule has 0 aliphatic carbocycles. The lowest BCUT2D eigenvalue weighted by Crippen LogP contribution is -2.41. The molecule has 0 radical (unpaired) electrons. The quantitative estimate of drug-likeness (QED) is 0.757. The third-order valence-electron chi connectivity index (χ3n) is 4.29. The van der Waals surface area contributed by atoms with E-state index in [1.807, 2.05) is 27.7 Å². The van der Waals surface area contributed by atoms with E-state index >= 15 is 0 Å². The van der Waals surface area contributed by atoms with Gasteiger partial charge in [-0.2, -0.15) is 0 Å². The van der Waals surface area contributed by atoms with Crippen LogP contribution >= 0.6 is 0 Å². The zero-order valence-electron chi connectivity index (χ0n) is 12.4. The molecule has 2 heterocycles. The van der Waals surface area contributed by atoms with E-state index in [2.05, 4.69) is 4.98 Å². The van der Waals surface area contributed by atoms with Crippen molar-refractivity contribution >= 4 is 23.5 Å². The van der Waals surface area contributed by atoms with Crippen LogP contribution < -0.4 is 5.46 Å². The number of hydrogen-bond donors (Lipinski definition) is 0. The van der Waals surface area contributed by atoms with Crippen molar-refractivity contribution in [2.24, 2.45) is 0 Å². The highest BCUT2D eigenvalue weighted by molar-refractivity contribution is 6.62. The average Bonchev–Trinajstić information content (AvgIpc) is 2.63. The van der Waals surface area contributed by atoms with E-state index in [4.69, 9.17) is 9.31 Å². The molecule has 1 saturated heterocycles. The molecule has 0 bridgehead atoms. The van der Waals surface area contributed by atoms with Crippen LogP contribution in [0.25, 0.3) is 10.9 Å². The fraction of sp³-hybridized carbons (Fsp3) is 0.400. The lowest BCUT2D eigenvalue weighted by Gasteiger charge is -2.32. The molecule has 1 fully saturated rings. The highest BCUT2D eigenvalue weighted by atomic mass is 19.2. The molecule has 1 aromatic heterocycles. The van der Waals surface area contributed by atoms with Gasteiger partial charge in [0.25, 0.3) is 0 Å². The zero-order chi connectivity index (χ0) is 15.4. The number of nitrogens with zero attached hydrogens (tertiary/aromatic N) is 1. The largest absolute Gasteiger partial charge is 0.496 e. The SMILES string of the molecule is CC1(C)OB(c2cnc3c(F)c(F)ccc3c2)OC1(C)C. The molecule has 6 heteroatoms. The molecular formula is C15H16BF2NO2. The van der Waals surface area contributed by atoms with Crippen molar-refractivity contribution < 1.29 is 18.1 Å². The first kappa shape index (κ1) is 14.4. The summed E-state index contributed by atoms with van der Waals surface area (Å²) in [4.78, 5) is 4.01. The smallest absolute Gasteiger partial charge is 0.399 e. The van der Waals surface area contributed by atoms with Gasteiger partial charge in [0.1, 0.15) is 5.52 Å². The summed E-state index contributed by atoms with van der Waals surface area (Å²) in [6.07, 6.45) is 1.47. The van der Waals surface area contributed by atoms with Crippen molar-refractivity contribution in [3.05, 3.63) is 36.0 Å². The van der Waals surface area contributed by atoms with Crippen LogP contribution in [0, 0.1) is 11.6 Å². The number of rotatable bonds is 1. The lowest BCUT2D eigenvalue weighted by molar-refractivity contribution is 0.00578. The van der Waals surface area contributed by atoms with Gasteiger partial charge in [0.2, 0.25) is 0 Å². The topological polar surface area (TPSA) is 31.4 Å². The summed E-state index contributed by atoms with van der Waals surface area (Å²) in [5.74, 6) is -1.84. The van der Waals surface area contributed by atoms with Gasteiger partial charge in [-0.05, 0) is 39.8 Å². The first-order chi connectivity index (χ1) is 9.71. The van der Waals surface area contributed by atoms with E-state index in [0.717, 1.165) is 6.07 Å². The van der Waals surface area contributed by atoms with Crippen LogP contribution in [0.15, 0.2) is 24.4 Å². The Hall–Kier alpha value is -1.53. The van der Waals surface area contributed by atoms with E-state index < -0.39 is 30.0 Å². The van der Waals surface area contributed by atoms with Crippen LogP contribution in [-0.4, -0.2) is 23.3 Å². The molecule has 3 nitrogen and oxygen atoms in total. The summed E-state index contributed by atoms with van der Waals surface area (Å²) in [6, 6.07) is 4.30. The van der Waals surface area contributed by atoms with Gasteiger partial charge in [-0.1, -0.05) is 6.07 Å². The minimum atomic E-state index is -0.937. The van der Waals surface area contributed by atoms with Crippen LogP contribution in [-0.2, 0) is 9.31 Å². The molecule has 2 aromatic rings. The Morgan fingerprint density at radius 2 is 1.67 bits per heavy atom. The van der Waals surface area contributed by atoms with Crippen LogP contribution in [0.2, 0.25) is 0 Å². The van der Waals surface area contributed by atoms with Crippen molar-refractivity contribution in [1.29, 1.82) is 0 Å². The Morgan fingerprint density at radius 3 is 2.29 bits per heavy atom. The molecule has 0 unspecified atom stereocenters. The second kappa shape index (κ2) is 4.48. The van der Waals surface area contributed by atoms with Crippen molar-refractivity contribution in [2.45, 2.75) is 38.9 Å². The number of benzene rings is 1. The fourth-order valence-corrected chi connectivity index (χ4v) is 2.27. The first-order valence-electron chi connectivity index (χ1n) is 6.80. The van der Waals surface area contributed by atoms with Gasteiger partial charge >= 0.3 is 7.12 Å². The molecule has 0 atom stereocenters. The van der Waals surface area contributed by atoms with Crippen molar-refractivity contribution in [3.8, 4) is 0 Å². The first-order valence-corrected chi connectivity index (χ1v) is 6.80. The molecule has 1 aliphatic rings. The van der Waals surface area contributed by atoms with Gasteiger partial charge in [-0.25, -0.2) is 8.78 Å². The van der Waals surface area contributed by atoms with Gasteiger partial charge in [-0.3, -0.25) is 4.98 Å². The maximum Gasteiger partial charge on any atom is 0.496 e. The second-order valence-electron chi connectivity index (χ2n) is 6.29. The van der Waals surface area contributed by atoms with Crippen LogP contribution in [0.5, 0.6) is 0 Å². The molecule has 3 rings (SSSR count). The number of hydrogen-bond acceptors (Lipinski definition) is 3. The highest BCUT2D eigenvalue weighted by Gasteiger charge is 2.51. The number of aromatic nitrogens is 1. The standard InChI is InChI=1S/C15H16BF2NO2/c1-14(2)15(3,4)21-16(20-14)10-7-9-5-6-11(17)12(18)13(9)19-8-10/h5-8H,1-4H3. The molecule has 110 valence electrons. The number of fused-ring (bicyclic) bond motifs is 1. The fourth-order valence-electron chi connectivity index (χ4n) is 2.27. The minimum absolute atomic E-state index is 0.00951. The maximum absolute atomic E-state index is 13.7. The van der Waals surface area contributed by atoms with Crippen molar-refractivity contribution in [2.75, 3.05) is 0 Å². The van der Waals surface area contributed by atoms with Gasteiger partial charge in [0, 0.05) is 17.0 Å². The predicted molar refractivity (Wildman–Crippen MR) is 77.4 cm³/mol. The molecule has 1 aliphatic heterocycles. The van der Waals surface area contributed by atoms with E-state index in [-0.39, 0.29) is 5.52 Å². The molecule has 0 spiro atoms. The maximum atomic E-state index is 13.7. The normalized spacial score (nSPS) is 20.2. The summed E-state index contributed by atoms with van der Waals surface area (Å²) in [7, 11) is -0.569. The van der Waals surface area contributed by atoms with E-state index in [9.17, 15) is 8.78 Å². The van der Waals surface area contributed by atoms with Gasteiger partial charge in [0.05, 0.1) is 11.2 Å². The Bertz CT molecular complexity index is 702. The Kier molecular flexibility index (Phi) is 3.08. The van der Waals surface area contributed by atoms with E-state index in [0.29, 0.717) is 10.8 Å². The predicted octanol–water partition coefficient (Wildman–Crippen LogP) is 2.81. The van der Waals surface area contributed by atoms with E-state index in [1.54, 1.807) is 6.07 Å². The molecule has 1 aromatic carbocycles. The van der Waals surface area contributed by atoms with Crippen LogP contribution in [0.4, 0.5) is 8.78 Å². The van der Waals surface area contributed by atoms with Crippen molar-refractivity contribution in [3.63, 3.8) is 0 Å². The molecule has 0 saturated carbocycles. The van der Waals surface area contributed by atoms with Gasteiger partial charge in [-0.15, -0.1) is 0 Å². The summed E-state index contributed by atoms with van der Waals surface area (Å²) in [6.45, 7) is 7.82. The molecule has 21 heavy (non-hydrogen) atoms. The molecule has 0 N–H and O–H groups in total. The summed E-state index contributed by atoms with van der Waals surface area (Å²) >= 11 is 0. The summed E-state index contributed by atoms with van der Waals surface area (Å²) in [5.41, 5.74) is -0.219.